The van der Waals surface area contributed by atoms with Gasteiger partial charge >= 0.3 is 150 Å². The first-order chi connectivity index (χ1) is 6.00. The van der Waals surface area contributed by atoms with Gasteiger partial charge < -0.3 is 0 Å². The fourth-order valence-electron chi connectivity index (χ4n) is 2.08. The minimum absolute atomic E-state index is 0.0400. The molecular formula is C7H11N2O2RaRb. The third-order valence-corrected chi connectivity index (χ3v) is 8.69. The van der Waals surface area contributed by atoms with Crippen LogP contribution in [0.3, 0.4) is 0 Å². The van der Waals surface area contributed by atoms with Crippen molar-refractivity contribution in [3.63, 3.8) is 0 Å². The van der Waals surface area contributed by atoms with Crippen LogP contribution in [0.2, 0.25) is 0 Å². The van der Waals surface area contributed by atoms with Gasteiger partial charge in [0.05, 0.1) is 0 Å². The maximum absolute atomic E-state index is 11.5. The Morgan fingerprint density at radius 3 is 3.08 bits per heavy atom. The van der Waals surface area contributed by atoms with Crippen molar-refractivity contribution in [3.05, 3.63) is 0 Å². The van der Waals surface area contributed by atoms with E-state index in [1.54, 1.807) is 0 Å². The Morgan fingerprint density at radius 2 is 2.38 bits per heavy atom. The van der Waals surface area contributed by atoms with Gasteiger partial charge in [-0.15, -0.1) is 0 Å². The number of cyclic esters (lactones) is 1. The van der Waals surface area contributed by atoms with Crippen LogP contribution >= 0.6 is 0 Å². The van der Waals surface area contributed by atoms with Gasteiger partial charge in [0, 0.05) is 0 Å². The third kappa shape index (κ3) is 2.44. The van der Waals surface area contributed by atoms with E-state index in [2.05, 4.69) is 11.9 Å². The Hall–Kier alpha value is 2.50. The number of piperazine rings is 1. The molecule has 64 valence electrons. The van der Waals surface area contributed by atoms with Crippen molar-refractivity contribution in [2.45, 2.75) is -0.248 Å². The average Bonchev–Trinajstić information content (AvgIpc) is 2.23. The van der Waals surface area contributed by atoms with Gasteiger partial charge in [0.25, 0.3) is 0 Å². The average molecular weight is 467 g/mol. The number of rotatable bonds is 0. The zero-order valence-corrected chi connectivity index (χ0v) is 21.5. The van der Waals surface area contributed by atoms with Gasteiger partial charge in [-0.3, -0.25) is 0 Å². The standard InChI is InChI=1S/C7H10N2O2.Ra.Rb.H/c1-8-2-3-9-6(4-8)5-11-7(9)10;;;/h6H,2-4H2,1H3;;;. The molecule has 6 heteroatoms. The number of likely N-dealkylation sites (N-methyl/N-ethyl adjacent to an activating group) is 1. The summed E-state index contributed by atoms with van der Waals surface area (Å²) in [7, 11) is 2.13. The molecule has 2 unspecified atom stereocenters. The molecule has 13 heavy (non-hydrogen) atoms. The van der Waals surface area contributed by atoms with E-state index < -0.39 is 0 Å². The summed E-state index contributed by atoms with van der Waals surface area (Å²) in [5, 5.41) is 0. The van der Waals surface area contributed by atoms with Crippen molar-refractivity contribution >= 4 is 61.6 Å². The molecule has 0 aromatic rings. The molecule has 0 saturated carbocycles. The molecule has 0 aromatic heterocycles. The number of amides is 1. The Labute approximate surface area is 146 Å². The van der Waals surface area contributed by atoms with Gasteiger partial charge in [-0.1, -0.05) is 0 Å². The fraction of sp³-hybridized carbons (Fsp3) is 0.857. The minimum atomic E-state index is -0.0400. The van der Waals surface area contributed by atoms with Crippen LogP contribution in [-0.4, -0.2) is 97.9 Å². The molecular weight excluding hydrogens is 456 g/mol. The SMILES string of the molecule is CN1CCN2C(=O)O[C]([Rb])([RaH])C2C1. The Kier molecular flexibility index (Phi) is 4.06. The van der Waals surface area contributed by atoms with Crippen molar-refractivity contribution in [1.82, 2.24) is 9.80 Å². The summed E-state index contributed by atoms with van der Waals surface area (Å²) in [4.78, 5) is 15.8. The van der Waals surface area contributed by atoms with E-state index >= 15 is 0 Å². The molecule has 2 aliphatic heterocycles. The number of hydrogen-bond donors (Lipinski definition) is 0. The van der Waals surface area contributed by atoms with Gasteiger partial charge in [0.15, 0.2) is 0 Å². The zero-order valence-electron chi connectivity index (χ0n) is 8.41. The molecule has 1 amide bonds. The quantitative estimate of drug-likeness (QED) is 0.453. The van der Waals surface area contributed by atoms with Crippen LogP contribution in [0.25, 0.3) is 0 Å². The molecule has 2 fully saturated rings. The van der Waals surface area contributed by atoms with Crippen LogP contribution in [0.4, 0.5) is 4.79 Å². The van der Waals surface area contributed by atoms with E-state index in [0.717, 1.165) is 19.6 Å². The van der Waals surface area contributed by atoms with Crippen LogP contribution < -0.4 is 0 Å². The summed E-state index contributed by atoms with van der Waals surface area (Å²) in [5.74, 6) is 0. The number of nitrogens with zero attached hydrogens (tertiary/aromatic N) is 2. The van der Waals surface area contributed by atoms with Crippen LogP contribution in [0.5, 0.6) is 0 Å². The molecule has 0 spiro atoms. The summed E-state index contributed by atoms with van der Waals surface area (Å²) in [6, 6.07) is 0.416. The topological polar surface area (TPSA) is 32.8 Å². The zero-order chi connectivity index (χ0) is 9.64. The Bertz CT molecular complexity index is 249. The van der Waals surface area contributed by atoms with Crippen molar-refractivity contribution in [3.8, 4) is 0 Å². The number of carbonyl (C=O) groups excluding carboxylic acids is 1. The van der Waals surface area contributed by atoms with E-state index in [1.807, 2.05) is 4.90 Å². The van der Waals surface area contributed by atoms with Crippen molar-refractivity contribution < 1.29 is 52.3 Å². The number of ether oxygens (including phenoxy) is 1. The Balaban J connectivity index is 2.21. The second-order valence-corrected chi connectivity index (χ2v) is 37.7. The van der Waals surface area contributed by atoms with Gasteiger partial charge in [-0.25, -0.2) is 0 Å². The molecule has 2 rings (SSSR count). The van der Waals surface area contributed by atoms with Gasteiger partial charge in [-0.2, -0.15) is 0 Å². The van der Waals surface area contributed by atoms with Crippen LogP contribution in [0, 0.1) is 42.8 Å². The molecule has 2 heterocycles. The summed E-state index contributed by atoms with van der Waals surface area (Å²) < 4.78 is 5.61. The third-order valence-electron chi connectivity index (χ3n) is 2.97. The van der Waals surface area contributed by atoms with E-state index in [1.165, 1.54) is 0 Å². The molecule has 2 atom stereocenters. The monoisotopic (exact) mass is 466 g/mol. The number of fused-ring (bicyclic) bond motifs is 1. The second-order valence-electron chi connectivity index (χ2n) is 4.44. The summed E-state index contributed by atoms with van der Waals surface area (Å²) >= 11 is 0.735. The van der Waals surface area contributed by atoms with Crippen molar-refractivity contribution in [2.24, 2.45) is 0 Å². The molecule has 0 aromatic carbocycles. The molecule has 0 bridgehead atoms. The van der Waals surface area contributed by atoms with Gasteiger partial charge in [0.2, 0.25) is 0 Å². The number of hydrogen-bond acceptors (Lipinski definition) is 3. The van der Waals surface area contributed by atoms with Crippen LogP contribution in [0.1, 0.15) is 0 Å². The molecule has 4 nitrogen and oxygen atoms in total. The maximum atomic E-state index is 11.5. The fourth-order valence-corrected chi connectivity index (χ4v) is 6.48. The first-order valence-corrected chi connectivity index (χ1v) is 11.3. The molecule has 2 saturated heterocycles. The second kappa shape index (κ2) is 4.40. The van der Waals surface area contributed by atoms with Gasteiger partial charge in [-0.05, 0) is 0 Å². The first-order valence-electron chi connectivity index (χ1n) is 4.69. The summed E-state index contributed by atoms with van der Waals surface area (Å²) in [6.07, 6.45) is -0.0400. The van der Waals surface area contributed by atoms with Crippen molar-refractivity contribution in [1.29, 1.82) is 0 Å². The van der Waals surface area contributed by atoms with E-state index in [-0.39, 0.29) is 42.6 Å². The van der Waals surface area contributed by atoms with E-state index in [9.17, 15) is 4.79 Å². The van der Waals surface area contributed by atoms with Crippen molar-refractivity contribution in [2.75, 3.05) is 26.7 Å². The van der Waals surface area contributed by atoms with Gasteiger partial charge in [0.1, 0.15) is 0 Å². The molecule has 0 aliphatic carbocycles. The normalized spacial score (nSPS) is 40.3. The summed E-state index contributed by atoms with van der Waals surface area (Å²) in [6.45, 7) is 2.89. The molecule has 0 radical (unpaired) electrons. The van der Waals surface area contributed by atoms with E-state index in [0.29, 0.717) is 61.6 Å². The predicted octanol–water partition coefficient (Wildman–Crippen LogP) is -1.14. The van der Waals surface area contributed by atoms with Crippen LogP contribution in [0.15, 0.2) is 0 Å². The summed E-state index contributed by atoms with van der Waals surface area (Å²) in [5.41, 5.74) is 0. The predicted molar refractivity (Wildman–Crippen MR) is 44.4 cm³/mol. The molecule has 2 aliphatic rings. The molecule has 0 N–H and O–H groups in total. The van der Waals surface area contributed by atoms with Crippen LogP contribution in [-0.2, 0) is 4.74 Å². The number of carbonyl (C=O) groups is 1. The Morgan fingerprint density at radius 1 is 1.69 bits per heavy atom. The van der Waals surface area contributed by atoms with E-state index in [4.69, 9.17) is 4.74 Å². The first kappa shape index (κ1) is 12.0.